The van der Waals surface area contributed by atoms with Gasteiger partial charge in [-0.2, -0.15) is 0 Å². The van der Waals surface area contributed by atoms with Crippen molar-refractivity contribution in [2.24, 2.45) is 11.8 Å². The van der Waals surface area contributed by atoms with Crippen LogP contribution in [0, 0.1) is 11.8 Å². The predicted molar refractivity (Wildman–Crippen MR) is 65.7 cm³/mol. The standard InChI is InChI=1S/C13H27NO/c1-10(2)6-8-12(5)14-13(15)9-7-11(3)4/h10-12H,6-9H2,1-5H3,(H,14,15). The molecule has 0 aromatic heterocycles. The molecule has 0 aliphatic rings. The van der Waals surface area contributed by atoms with Crippen LogP contribution in [-0.4, -0.2) is 11.9 Å². The van der Waals surface area contributed by atoms with Crippen LogP contribution in [0.2, 0.25) is 0 Å². The highest BCUT2D eigenvalue weighted by atomic mass is 16.1. The molecule has 2 heteroatoms. The lowest BCUT2D eigenvalue weighted by Gasteiger charge is -2.15. The lowest BCUT2D eigenvalue weighted by Crippen LogP contribution is -2.32. The van der Waals surface area contributed by atoms with Crippen molar-refractivity contribution < 1.29 is 4.79 Å². The zero-order chi connectivity index (χ0) is 11.8. The van der Waals surface area contributed by atoms with Crippen LogP contribution < -0.4 is 5.32 Å². The van der Waals surface area contributed by atoms with Gasteiger partial charge in [-0.15, -0.1) is 0 Å². The molecule has 0 aliphatic carbocycles. The molecule has 0 fully saturated rings. The summed E-state index contributed by atoms with van der Waals surface area (Å²) in [6.07, 6.45) is 3.93. The normalized spacial score (nSPS) is 13.3. The summed E-state index contributed by atoms with van der Waals surface area (Å²) >= 11 is 0. The summed E-state index contributed by atoms with van der Waals surface area (Å²) in [6, 6.07) is 0.326. The maximum Gasteiger partial charge on any atom is 0.220 e. The number of carbonyl (C=O) groups is 1. The van der Waals surface area contributed by atoms with Gasteiger partial charge in [-0.05, 0) is 38.0 Å². The first-order chi connectivity index (χ1) is 6.91. The topological polar surface area (TPSA) is 29.1 Å². The number of hydrogen-bond donors (Lipinski definition) is 1. The van der Waals surface area contributed by atoms with Gasteiger partial charge >= 0.3 is 0 Å². The fourth-order valence-corrected chi connectivity index (χ4v) is 1.42. The Labute approximate surface area is 94.8 Å². The van der Waals surface area contributed by atoms with E-state index in [1.54, 1.807) is 0 Å². The van der Waals surface area contributed by atoms with Crippen molar-refractivity contribution in [1.82, 2.24) is 5.32 Å². The summed E-state index contributed by atoms with van der Waals surface area (Å²) in [6.45, 7) is 10.8. The second-order valence-corrected chi connectivity index (χ2v) is 5.37. The van der Waals surface area contributed by atoms with Crippen molar-refractivity contribution in [3.8, 4) is 0 Å². The molecule has 0 heterocycles. The Hall–Kier alpha value is -0.530. The molecule has 1 amide bonds. The highest BCUT2D eigenvalue weighted by Crippen LogP contribution is 2.07. The summed E-state index contributed by atoms with van der Waals surface area (Å²) in [7, 11) is 0. The van der Waals surface area contributed by atoms with E-state index in [1.807, 2.05) is 0 Å². The molecule has 0 rings (SSSR count). The van der Waals surface area contributed by atoms with E-state index in [0.717, 1.165) is 18.8 Å². The maximum atomic E-state index is 11.5. The van der Waals surface area contributed by atoms with Gasteiger partial charge in [0.25, 0.3) is 0 Å². The van der Waals surface area contributed by atoms with Crippen LogP contribution in [0.3, 0.4) is 0 Å². The minimum absolute atomic E-state index is 0.208. The van der Waals surface area contributed by atoms with Crippen molar-refractivity contribution in [1.29, 1.82) is 0 Å². The van der Waals surface area contributed by atoms with Gasteiger partial charge < -0.3 is 5.32 Å². The second-order valence-electron chi connectivity index (χ2n) is 5.37. The summed E-state index contributed by atoms with van der Waals surface area (Å²) in [5.41, 5.74) is 0. The van der Waals surface area contributed by atoms with Gasteiger partial charge in [-0.3, -0.25) is 4.79 Å². The van der Waals surface area contributed by atoms with Crippen LogP contribution in [0.1, 0.15) is 60.3 Å². The molecule has 0 saturated carbocycles. The summed E-state index contributed by atoms with van der Waals surface area (Å²) < 4.78 is 0. The van der Waals surface area contributed by atoms with Crippen LogP contribution in [0.25, 0.3) is 0 Å². The van der Waals surface area contributed by atoms with Crippen LogP contribution in [0.15, 0.2) is 0 Å². The van der Waals surface area contributed by atoms with E-state index in [9.17, 15) is 4.79 Å². The highest BCUT2D eigenvalue weighted by molar-refractivity contribution is 5.76. The van der Waals surface area contributed by atoms with Gasteiger partial charge in [0.15, 0.2) is 0 Å². The SMILES string of the molecule is CC(C)CCC(=O)NC(C)CCC(C)C. The molecular formula is C13H27NO. The van der Waals surface area contributed by atoms with Gasteiger partial charge in [0.05, 0.1) is 0 Å². The molecule has 0 aliphatic heterocycles. The minimum atomic E-state index is 0.208. The predicted octanol–water partition coefficient (Wildman–Crippen LogP) is 3.36. The van der Waals surface area contributed by atoms with Gasteiger partial charge in [0, 0.05) is 12.5 Å². The smallest absolute Gasteiger partial charge is 0.220 e. The van der Waals surface area contributed by atoms with E-state index in [2.05, 4.69) is 39.9 Å². The highest BCUT2D eigenvalue weighted by Gasteiger charge is 2.08. The van der Waals surface area contributed by atoms with Crippen molar-refractivity contribution in [2.75, 3.05) is 0 Å². The zero-order valence-corrected chi connectivity index (χ0v) is 11.0. The first kappa shape index (κ1) is 14.5. The average molecular weight is 213 g/mol. The summed E-state index contributed by atoms with van der Waals surface area (Å²) in [4.78, 5) is 11.5. The molecule has 0 radical (unpaired) electrons. The third-order valence-corrected chi connectivity index (χ3v) is 2.53. The molecule has 15 heavy (non-hydrogen) atoms. The Morgan fingerprint density at radius 2 is 1.47 bits per heavy atom. The van der Waals surface area contributed by atoms with Crippen LogP contribution in [0.5, 0.6) is 0 Å². The summed E-state index contributed by atoms with van der Waals surface area (Å²) in [5.74, 6) is 1.54. The molecule has 1 N–H and O–H groups in total. The maximum absolute atomic E-state index is 11.5. The van der Waals surface area contributed by atoms with E-state index in [4.69, 9.17) is 0 Å². The quantitative estimate of drug-likeness (QED) is 0.690. The first-order valence-corrected chi connectivity index (χ1v) is 6.21. The van der Waals surface area contributed by atoms with E-state index in [0.29, 0.717) is 18.4 Å². The van der Waals surface area contributed by atoms with E-state index in [1.165, 1.54) is 6.42 Å². The molecule has 0 spiro atoms. The number of rotatable bonds is 7. The van der Waals surface area contributed by atoms with Crippen molar-refractivity contribution in [3.05, 3.63) is 0 Å². The minimum Gasteiger partial charge on any atom is -0.354 e. The molecule has 90 valence electrons. The van der Waals surface area contributed by atoms with Crippen LogP contribution in [0.4, 0.5) is 0 Å². The largest absolute Gasteiger partial charge is 0.354 e. The second kappa shape index (κ2) is 7.72. The lowest BCUT2D eigenvalue weighted by atomic mass is 10.0. The Morgan fingerprint density at radius 1 is 0.933 bits per heavy atom. The number of nitrogens with one attached hydrogen (secondary N) is 1. The third-order valence-electron chi connectivity index (χ3n) is 2.53. The zero-order valence-electron chi connectivity index (χ0n) is 11.0. The Morgan fingerprint density at radius 3 is 1.93 bits per heavy atom. The first-order valence-electron chi connectivity index (χ1n) is 6.21. The number of amides is 1. The fourth-order valence-electron chi connectivity index (χ4n) is 1.42. The van der Waals surface area contributed by atoms with E-state index in [-0.39, 0.29) is 5.91 Å². The Kier molecular flexibility index (Phi) is 7.45. The van der Waals surface area contributed by atoms with E-state index < -0.39 is 0 Å². The van der Waals surface area contributed by atoms with Crippen LogP contribution >= 0.6 is 0 Å². The number of carbonyl (C=O) groups excluding carboxylic acids is 1. The number of hydrogen-bond acceptors (Lipinski definition) is 1. The van der Waals surface area contributed by atoms with Crippen molar-refractivity contribution >= 4 is 5.91 Å². The molecule has 0 aromatic rings. The molecular weight excluding hydrogens is 186 g/mol. The monoisotopic (exact) mass is 213 g/mol. The van der Waals surface area contributed by atoms with E-state index >= 15 is 0 Å². The molecule has 0 bridgehead atoms. The Bertz CT molecular complexity index is 175. The average Bonchev–Trinajstić information content (AvgIpc) is 2.11. The molecule has 0 saturated heterocycles. The molecule has 2 nitrogen and oxygen atoms in total. The van der Waals surface area contributed by atoms with Gasteiger partial charge in [-0.1, -0.05) is 27.7 Å². The summed E-state index contributed by atoms with van der Waals surface area (Å²) in [5, 5.41) is 3.05. The fraction of sp³-hybridized carbons (Fsp3) is 0.923. The van der Waals surface area contributed by atoms with Crippen molar-refractivity contribution in [3.63, 3.8) is 0 Å². The lowest BCUT2D eigenvalue weighted by molar-refractivity contribution is -0.122. The molecule has 0 aromatic carbocycles. The van der Waals surface area contributed by atoms with Crippen LogP contribution in [-0.2, 0) is 4.79 Å². The van der Waals surface area contributed by atoms with Gasteiger partial charge in [-0.25, -0.2) is 0 Å². The van der Waals surface area contributed by atoms with Crippen molar-refractivity contribution in [2.45, 2.75) is 66.3 Å². The molecule has 1 unspecified atom stereocenters. The third kappa shape index (κ3) is 9.77. The van der Waals surface area contributed by atoms with Gasteiger partial charge in [0.2, 0.25) is 5.91 Å². The molecule has 1 atom stereocenters. The Balaban J connectivity index is 3.57. The van der Waals surface area contributed by atoms with Gasteiger partial charge in [0.1, 0.15) is 0 Å².